The van der Waals surface area contributed by atoms with Crippen LogP contribution in [0, 0.1) is 0 Å². The first-order valence-electron chi connectivity index (χ1n) is 3.45. The van der Waals surface area contributed by atoms with Gasteiger partial charge in [0.05, 0.1) is 6.42 Å². The lowest BCUT2D eigenvalue weighted by Gasteiger charge is -1.93. The second kappa shape index (κ2) is 4.27. The minimum absolute atomic E-state index is 0.562. The molecule has 0 heterocycles. The second-order valence-corrected chi connectivity index (χ2v) is 6.70. The van der Waals surface area contributed by atoms with Gasteiger partial charge in [0.15, 0.2) is 15.2 Å². The van der Waals surface area contributed by atoms with E-state index in [1.165, 1.54) is 0 Å². The molecule has 11 heavy (non-hydrogen) atoms. The molecule has 1 nitrogen and oxygen atoms in total. The monoisotopic (exact) mass is 202 g/mol. The lowest BCUT2D eigenvalue weighted by molar-refractivity contribution is 0.0870. The molecule has 1 rings (SSSR count). The standard InChI is InChI=1S/C3H3F3.C2H10OSi2/c4-2-1-3(2,5)6;1-5(2)3-4/h2H,1H2;5H,1-2,4H3. The summed E-state index contributed by atoms with van der Waals surface area (Å²) >= 11 is 0. The van der Waals surface area contributed by atoms with Crippen LogP contribution in [-0.2, 0) is 4.12 Å². The van der Waals surface area contributed by atoms with Gasteiger partial charge in [0.1, 0.15) is 10.5 Å². The molecule has 1 saturated carbocycles. The molecular formula is C5H13F3OSi2. The molecular weight excluding hydrogens is 189 g/mol. The first kappa shape index (κ1) is 11.2. The number of alkyl halides is 3. The van der Waals surface area contributed by atoms with Crippen LogP contribution in [0.25, 0.3) is 0 Å². The van der Waals surface area contributed by atoms with Gasteiger partial charge in [-0.25, -0.2) is 13.2 Å². The van der Waals surface area contributed by atoms with E-state index in [1.807, 2.05) is 0 Å². The molecule has 1 atom stereocenters. The van der Waals surface area contributed by atoms with Crippen molar-refractivity contribution in [2.24, 2.45) is 0 Å². The zero-order valence-corrected chi connectivity index (χ0v) is 10.1. The first-order chi connectivity index (χ1) is 4.90. The Kier molecular flexibility index (Phi) is 4.34. The number of halogens is 3. The van der Waals surface area contributed by atoms with E-state index in [9.17, 15) is 13.2 Å². The highest BCUT2D eigenvalue weighted by Crippen LogP contribution is 2.44. The zero-order valence-electron chi connectivity index (χ0n) is 6.90. The van der Waals surface area contributed by atoms with Crippen molar-refractivity contribution in [3.63, 3.8) is 0 Å². The van der Waals surface area contributed by atoms with Crippen LogP contribution in [0.4, 0.5) is 13.2 Å². The van der Waals surface area contributed by atoms with Crippen LogP contribution in [0.5, 0.6) is 0 Å². The van der Waals surface area contributed by atoms with Gasteiger partial charge in [-0.3, -0.25) is 0 Å². The minimum atomic E-state index is -2.96. The van der Waals surface area contributed by atoms with Gasteiger partial charge in [0, 0.05) is 0 Å². The summed E-state index contributed by atoms with van der Waals surface area (Å²) in [7, 11) is 0.347. The summed E-state index contributed by atoms with van der Waals surface area (Å²) in [6, 6.07) is 0. The van der Waals surface area contributed by atoms with Crippen LogP contribution in [0.1, 0.15) is 6.42 Å². The molecule has 0 bridgehead atoms. The van der Waals surface area contributed by atoms with Crippen molar-refractivity contribution in [1.82, 2.24) is 0 Å². The van der Waals surface area contributed by atoms with Gasteiger partial charge in [0.25, 0.3) is 5.92 Å². The molecule has 0 saturated heterocycles. The summed E-state index contributed by atoms with van der Waals surface area (Å²) in [5, 5.41) is 0. The molecule has 0 aliphatic heterocycles. The van der Waals surface area contributed by atoms with Crippen LogP contribution in [-0.4, -0.2) is 31.6 Å². The van der Waals surface area contributed by atoms with Crippen molar-refractivity contribution in [2.45, 2.75) is 31.6 Å². The van der Waals surface area contributed by atoms with Gasteiger partial charge in [-0.2, -0.15) is 0 Å². The van der Waals surface area contributed by atoms with E-state index in [1.54, 1.807) is 0 Å². The Balaban J connectivity index is 0.000000187. The fraction of sp³-hybridized carbons (Fsp3) is 1.00. The lowest BCUT2D eigenvalue weighted by atomic mass is 10.8. The molecule has 0 amide bonds. The van der Waals surface area contributed by atoms with Gasteiger partial charge in [-0.1, -0.05) is 0 Å². The maximum Gasteiger partial charge on any atom is 0.281 e. The molecule has 0 aromatic carbocycles. The highest BCUT2D eigenvalue weighted by Gasteiger charge is 2.58. The summed E-state index contributed by atoms with van der Waals surface area (Å²) in [5.41, 5.74) is 0. The first-order valence-corrected chi connectivity index (χ1v) is 7.04. The van der Waals surface area contributed by atoms with Gasteiger partial charge < -0.3 is 4.12 Å². The fourth-order valence-electron chi connectivity index (χ4n) is 0.180. The van der Waals surface area contributed by atoms with Crippen molar-refractivity contribution in [2.75, 3.05) is 0 Å². The smallest absolute Gasteiger partial charge is 0.281 e. The molecule has 1 unspecified atom stereocenters. The maximum atomic E-state index is 11.2. The Labute approximate surface area is 69.2 Å². The molecule has 1 aliphatic rings. The molecule has 1 fully saturated rings. The van der Waals surface area contributed by atoms with E-state index < -0.39 is 27.6 Å². The van der Waals surface area contributed by atoms with E-state index in [4.69, 9.17) is 4.12 Å². The molecule has 0 aromatic heterocycles. The Morgan fingerprint density at radius 1 is 1.55 bits per heavy atom. The predicted octanol–water partition coefficient (Wildman–Crippen LogP) is 0.630. The fourth-order valence-corrected chi connectivity index (χ4v) is 0.180. The number of hydrogen-bond acceptors (Lipinski definition) is 1. The molecule has 1 aliphatic carbocycles. The van der Waals surface area contributed by atoms with E-state index in [0.29, 0.717) is 0 Å². The van der Waals surface area contributed by atoms with Crippen LogP contribution in [0.15, 0.2) is 0 Å². The highest BCUT2D eigenvalue weighted by atomic mass is 28.3. The molecule has 68 valence electrons. The second-order valence-electron chi connectivity index (χ2n) is 2.72. The summed E-state index contributed by atoms with van der Waals surface area (Å²) in [6.45, 7) is 4.35. The summed E-state index contributed by atoms with van der Waals surface area (Å²) in [4.78, 5) is 0. The predicted molar refractivity (Wildman–Crippen MR) is 44.4 cm³/mol. The van der Waals surface area contributed by atoms with Crippen LogP contribution in [0.2, 0.25) is 13.1 Å². The number of hydrogen-bond donors (Lipinski definition) is 0. The largest absolute Gasteiger partial charge is 0.466 e. The molecule has 0 N–H and O–H groups in total. The zero-order chi connectivity index (χ0) is 9.07. The van der Waals surface area contributed by atoms with Gasteiger partial charge in [0.2, 0.25) is 0 Å². The molecule has 0 spiro atoms. The van der Waals surface area contributed by atoms with E-state index in [2.05, 4.69) is 13.1 Å². The van der Waals surface area contributed by atoms with Crippen LogP contribution in [0.3, 0.4) is 0 Å². The minimum Gasteiger partial charge on any atom is -0.466 e. The van der Waals surface area contributed by atoms with Crippen LogP contribution >= 0.6 is 0 Å². The normalized spacial score (nSPS) is 26.2. The van der Waals surface area contributed by atoms with Crippen molar-refractivity contribution >= 4 is 19.5 Å². The van der Waals surface area contributed by atoms with Crippen molar-refractivity contribution in [1.29, 1.82) is 0 Å². The quantitative estimate of drug-likeness (QED) is 0.567. The topological polar surface area (TPSA) is 9.23 Å². The van der Waals surface area contributed by atoms with Gasteiger partial charge >= 0.3 is 0 Å². The van der Waals surface area contributed by atoms with E-state index >= 15 is 0 Å². The molecule has 0 aromatic rings. The Hall–Kier alpha value is 0.184. The van der Waals surface area contributed by atoms with Crippen molar-refractivity contribution in [3.05, 3.63) is 0 Å². The molecule has 6 heteroatoms. The number of rotatable bonds is 1. The Bertz CT molecular complexity index is 120. The van der Waals surface area contributed by atoms with Gasteiger partial charge in [-0.15, -0.1) is 0 Å². The maximum absolute atomic E-state index is 11.2. The third-order valence-corrected chi connectivity index (χ3v) is 4.99. The van der Waals surface area contributed by atoms with Crippen molar-refractivity contribution in [3.8, 4) is 0 Å². The van der Waals surface area contributed by atoms with Crippen molar-refractivity contribution < 1.29 is 17.3 Å². The average Bonchev–Trinajstić information content (AvgIpc) is 2.39. The molecule has 0 radical (unpaired) electrons. The van der Waals surface area contributed by atoms with E-state index in [-0.39, 0.29) is 0 Å². The highest BCUT2D eigenvalue weighted by molar-refractivity contribution is 6.52. The van der Waals surface area contributed by atoms with Gasteiger partial charge in [-0.05, 0) is 13.1 Å². The van der Waals surface area contributed by atoms with E-state index in [0.717, 1.165) is 10.5 Å². The third kappa shape index (κ3) is 5.45. The summed E-state index contributed by atoms with van der Waals surface area (Å²) < 4.78 is 38.5. The summed E-state index contributed by atoms with van der Waals surface area (Å²) in [6.07, 6.45) is -2.40. The lowest BCUT2D eigenvalue weighted by Crippen LogP contribution is -2.02. The third-order valence-electron chi connectivity index (χ3n) is 1.22. The average molecular weight is 202 g/mol. The Morgan fingerprint density at radius 2 is 1.73 bits per heavy atom. The summed E-state index contributed by atoms with van der Waals surface area (Å²) in [5.74, 6) is -2.96. The SMILES string of the molecule is C[SiH](C)O[SiH3].FC1CC1(F)F. The Morgan fingerprint density at radius 3 is 1.73 bits per heavy atom. The van der Waals surface area contributed by atoms with Crippen LogP contribution < -0.4 is 0 Å².